The Morgan fingerprint density at radius 3 is 2.55 bits per heavy atom. The molecule has 0 unspecified atom stereocenters. The summed E-state index contributed by atoms with van der Waals surface area (Å²) >= 11 is 0. The van der Waals surface area contributed by atoms with E-state index >= 15 is 0 Å². The first-order chi connectivity index (χ1) is 5.29. The summed E-state index contributed by atoms with van der Waals surface area (Å²) in [5, 5.41) is 0. The van der Waals surface area contributed by atoms with Crippen LogP contribution in [0.25, 0.3) is 0 Å². The molecular weight excluding hydrogens is 136 g/mol. The lowest BCUT2D eigenvalue weighted by Crippen LogP contribution is -1.95. The van der Waals surface area contributed by atoms with E-state index in [1.807, 2.05) is 0 Å². The third kappa shape index (κ3) is 1.70. The Morgan fingerprint density at radius 2 is 2.00 bits per heavy atom. The summed E-state index contributed by atoms with van der Waals surface area (Å²) in [6, 6.07) is 0. The van der Waals surface area contributed by atoms with Gasteiger partial charge in [0.25, 0.3) is 0 Å². The van der Waals surface area contributed by atoms with Crippen LogP contribution in [0.2, 0.25) is 0 Å². The van der Waals surface area contributed by atoms with E-state index in [2.05, 4.69) is 13.8 Å². The van der Waals surface area contributed by atoms with Crippen molar-refractivity contribution in [1.29, 1.82) is 0 Å². The molecule has 0 saturated heterocycles. The monoisotopic (exact) mass is 152 g/mol. The van der Waals surface area contributed by atoms with E-state index in [4.69, 9.17) is 0 Å². The Kier molecular flexibility index (Phi) is 2.86. The van der Waals surface area contributed by atoms with Crippen molar-refractivity contribution in [2.45, 2.75) is 46.0 Å². The van der Waals surface area contributed by atoms with E-state index in [0.717, 1.165) is 37.7 Å². The van der Waals surface area contributed by atoms with Gasteiger partial charge in [0.05, 0.1) is 0 Å². The van der Waals surface area contributed by atoms with Crippen LogP contribution in [0.4, 0.5) is 0 Å². The lowest BCUT2D eigenvalue weighted by Gasteiger charge is -2.00. The number of ketones is 1. The topological polar surface area (TPSA) is 17.1 Å². The molecule has 1 aliphatic carbocycles. The van der Waals surface area contributed by atoms with Crippen LogP contribution in [-0.2, 0) is 4.79 Å². The first-order valence-corrected chi connectivity index (χ1v) is 4.53. The van der Waals surface area contributed by atoms with Crippen LogP contribution in [-0.4, -0.2) is 5.78 Å². The number of hydrogen-bond donors (Lipinski definition) is 0. The molecular formula is C10H16O. The zero-order valence-electron chi connectivity index (χ0n) is 7.44. The minimum absolute atomic E-state index is 0.406. The average Bonchev–Trinajstić information content (AvgIpc) is 2.34. The molecule has 0 fully saturated rings. The molecule has 0 N–H and O–H groups in total. The number of carbonyl (C=O) groups is 1. The molecule has 0 heterocycles. The van der Waals surface area contributed by atoms with Gasteiger partial charge in [-0.05, 0) is 24.8 Å². The van der Waals surface area contributed by atoms with E-state index in [-0.39, 0.29) is 0 Å². The van der Waals surface area contributed by atoms with Crippen molar-refractivity contribution < 1.29 is 4.79 Å². The van der Waals surface area contributed by atoms with Crippen LogP contribution in [0.3, 0.4) is 0 Å². The summed E-state index contributed by atoms with van der Waals surface area (Å²) in [4.78, 5) is 11.3. The molecule has 0 atom stereocenters. The fourth-order valence-electron chi connectivity index (χ4n) is 1.72. The van der Waals surface area contributed by atoms with Gasteiger partial charge in [-0.3, -0.25) is 4.79 Å². The molecule has 1 aliphatic rings. The molecule has 0 spiro atoms. The largest absolute Gasteiger partial charge is 0.295 e. The van der Waals surface area contributed by atoms with Crippen LogP contribution in [0.1, 0.15) is 46.0 Å². The molecule has 0 saturated carbocycles. The molecule has 1 nitrogen and oxygen atoms in total. The second kappa shape index (κ2) is 3.70. The molecule has 0 aromatic carbocycles. The van der Waals surface area contributed by atoms with Gasteiger partial charge in [0.1, 0.15) is 0 Å². The van der Waals surface area contributed by atoms with Gasteiger partial charge >= 0.3 is 0 Å². The van der Waals surface area contributed by atoms with Crippen molar-refractivity contribution in [3.05, 3.63) is 11.1 Å². The minimum atomic E-state index is 0.406. The number of allylic oxidation sites excluding steroid dienone is 2. The maximum absolute atomic E-state index is 11.3. The van der Waals surface area contributed by atoms with Crippen molar-refractivity contribution in [3.63, 3.8) is 0 Å². The Labute approximate surface area is 68.5 Å². The van der Waals surface area contributed by atoms with Crippen molar-refractivity contribution in [3.8, 4) is 0 Å². The van der Waals surface area contributed by atoms with Crippen LogP contribution in [0, 0.1) is 0 Å². The lowest BCUT2D eigenvalue weighted by molar-refractivity contribution is -0.115. The van der Waals surface area contributed by atoms with Gasteiger partial charge in [0.15, 0.2) is 5.78 Å². The summed E-state index contributed by atoms with van der Waals surface area (Å²) in [6.07, 6.45) is 4.98. The Hall–Kier alpha value is -0.590. The highest BCUT2D eigenvalue weighted by Crippen LogP contribution is 2.28. The zero-order valence-corrected chi connectivity index (χ0v) is 7.44. The Balaban J connectivity index is 2.72. The van der Waals surface area contributed by atoms with Crippen molar-refractivity contribution in [2.24, 2.45) is 0 Å². The van der Waals surface area contributed by atoms with E-state index < -0.39 is 0 Å². The molecule has 0 aromatic rings. The van der Waals surface area contributed by atoms with Crippen molar-refractivity contribution in [1.82, 2.24) is 0 Å². The number of Topliss-reactive ketones (excluding diaryl/α,β-unsaturated/α-hetero) is 1. The quantitative estimate of drug-likeness (QED) is 0.607. The van der Waals surface area contributed by atoms with Crippen molar-refractivity contribution in [2.75, 3.05) is 0 Å². The summed E-state index contributed by atoms with van der Waals surface area (Å²) in [7, 11) is 0. The van der Waals surface area contributed by atoms with Crippen LogP contribution in [0.15, 0.2) is 11.1 Å². The number of hydrogen-bond acceptors (Lipinski definition) is 1. The third-order valence-corrected chi connectivity index (χ3v) is 2.34. The summed E-state index contributed by atoms with van der Waals surface area (Å²) in [5.74, 6) is 0.406. The number of rotatable bonds is 3. The molecule has 0 radical (unpaired) electrons. The molecule has 62 valence electrons. The summed E-state index contributed by atoms with van der Waals surface area (Å²) < 4.78 is 0. The fraction of sp³-hybridized carbons (Fsp3) is 0.700. The molecule has 0 bridgehead atoms. The van der Waals surface area contributed by atoms with E-state index in [1.165, 1.54) is 5.57 Å². The molecule has 0 aliphatic heterocycles. The highest BCUT2D eigenvalue weighted by molar-refractivity contribution is 5.98. The second-order valence-corrected chi connectivity index (χ2v) is 3.11. The Bertz CT molecular complexity index is 189. The average molecular weight is 152 g/mol. The van der Waals surface area contributed by atoms with E-state index in [9.17, 15) is 4.79 Å². The SMILES string of the molecule is CCCC1=C(CC)CCC1=O. The van der Waals surface area contributed by atoms with Crippen molar-refractivity contribution >= 4 is 5.78 Å². The molecule has 1 rings (SSSR count). The van der Waals surface area contributed by atoms with Crippen LogP contribution >= 0.6 is 0 Å². The minimum Gasteiger partial charge on any atom is -0.295 e. The second-order valence-electron chi connectivity index (χ2n) is 3.11. The highest BCUT2D eigenvalue weighted by atomic mass is 16.1. The highest BCUT2D eigenvalue weighted by Gasteiger charge is 2.19. The predicted octanol–water partition coefficient (Wildman–Crippen LogP) is 2.86. The molecule has 0 amide bonds. The predicted molar refractivity (Wildman–Crippen MR) is 46.5 cm³/mol. The Morgan fingerprint density at radius 1 is 1.27 bits per heavy atom. The lowest BCUT2D eigenvalue weighted by atomic mass is 10.0. The zero-order chi connectivity index (χ0) is 8.27. The standard InChI is InChI=1S/C10H16O/c1-3-5-9-8(4-2)6-7-10(9)11/h3-7H2,1-2H3. The smallest absolute Gasteiger partial charge is 0.159 e. The van der Waals surface area contributed by atoms with Gasteiger partial charge in [-0.25, -0.2) is 0 Å². The van der Waals surface area contributed by atoms with E-state index in [0.29, 0.717) is 5.78 Å². The normalized spacial score (nSPS) is 18.2. The van der Waals surface area contributed by atoms with Gasteiger partial charge < -0.3 is 0 Å². The van der Waals surface area contributed by atoms with Gasteiger partial charge in [0.2, 0.25) is 0 Å². The molecule has 11 heavy (non-hydrogen) atoms. The van der Waals surface area contributed by atoms with E-state index in [1.54, 1.807) is 0 Å². The van der Waals surface area contributed by atoms with Crippen LogP contribution in [0.5, 0.6) is 0 Å². The van der Waals surface area contributed by atoms with Crippen LogP contribution < -0.4 is 0 Å². The molecule has 1 heteroatoms. The van der Waals surface area contributed by atoms with Gasteiger partial charge in [-0.2, -0.15) is 0 Å². The summed E-state index contributed by atoms with van der Waals surface area (Å²) in [6.45, 7) is 4.27. The fourth-order valence-corrected chi connectivity index (χ4v) is 1.72. The first kappa shape index (κ1) is 8.51. The van der Waals surface area contributed by atoms with Gasteiger partial charge in [0, 0.05) is 6.42 Å². The first-order valence-electron chi connectivity index (χ1n) is 4.53. The maximum Gasteiger partial charge on any atom is 0.159 e. The summed E-state index contributed by atoms with van der Waals surface area (Å²) in [5.41, 5.74) is 2.56. The molecule has 0 aromatic heterocycles. The van der Waals surface area contributed by atoms with Gasteiger partial charge in [-0.1, -0.05) is 25.8 Å². The number of carbonyl (C=O) groups excluding carboxylic acids is 1. The third-order valence-electron chi connectivity index (χ3n) is 2.34. The van der Waals surface area contributed by atoms with Gasteiger partial charge in [-0.15, -0.1) is 0 Å². The maximum atomic E-state index is 11.3.